The van der Waals surface area contributed by atoms with E-state index in [2.05, 4.69) is 31.1 Å². The van der Waals surface area contributed by atoms with E-state index in [0.717, 1.165) is 27.4 Å². The summed E-state index contributed by atoms with van der Waals surface area (Å²) in [7, 11) is 0. The van der Waals surface area contributed by atoms with Crippen LogP contribution in [0, 0.1) is 0 Å². The van der Waals surface area contributed by atoms with E-state index in [0.29, 0.717) is 6.54 Å². The Morgan fingerprint density at radius 2 is 2.43 bits per heavy atom. The number of hydrogen-bond donors (Lipinski definition) is 2. The maximum atomic E-state index is 5.42. The standard InChI is InChI=1S/C8H9BrN4S/c9-5-3-6(14-4-5)8-11-7(1-2-10)12-13-8/h3-4H,1-2,10H2,(H,11,12,13). The van der Waals surface area contributed by atoms with Crippen LogP contribution in [0.15, 0.2) is 15.9 Å². The van der Waals surface area contributed by atoms with Gasteiger partial charge in [0.15, 0.2) is 5.82 Å². The number of halogens is 1. The van der Waals surface area contributed by atoms with Gasteiger partial charge in [-0.15, -0.1) is 11.3 Å². The van der Waals surface area contributed by atoms with Crippen molar-refractivity contribution in [2.24, 2.45) is 5.73 Å². The summed E-state index contributed by atoms with van der Waals surface area (Å²) in [5.41, 5.74) is 5.42. The summed E-state index contributed by atoms with van der Waals surface area (Å²) in [6, 6.07) is 2.00. The zero-order chi connectivity index (χ0) is 9.97. The monoisotopic (exact) mass is 272 g/mol. The van der Waals surface area contributed by atoms with Crippen LogP contribution < -0.4 is 5.73 Å². The molecule has 0 saturated heterocycles. The molecule has 0 saturated carbocycles. The second kappa shape index (κ2) is 4.20. The van der Waals surface area contributed by atoms with Crippen molar-refractivity contribution in [3.8, 4) is 10.7 Å². The molecule has 2 heterocycles. The van der Waals surface area contributed by atoms with E-state index >= 15 is 0 Å². The molecule has 0 amide bonds. The minimum atomic E-state index is 0.586. The quantitative estimate of drug-likeness (QED) is 0.896. The van der Waals surface area contributed by atoms with Crippen LogP contribution in [0.5, 0.6) is 0 Å². The Labute approximate surface area is 93.7 Å². The maximum absolute atomic E-state index is 5.42. The van der Waals surface area contributed by atoms with Gasteiger partial charge in [-0.2, -0.15) is 5.10 Å². The molecule has 2 aromatic heterocycles. The van der Waals surface area contributed by atoms with Crippen molar-refractivity contribution in [1.29, 1.82) is 0 Å². The van der Waals surface area contributed by atoms with Gasteiger partial charge in [0.05, 0.1) is 4.88 Å². The van der Waals surface area contributed by atoms with Gasteiger partial charge in [-0.3, -0.25) is 5.10 Å². The highest BCUT2D eigenvalue weighted by Gasteiger charge is 2.07. The second-order valence-electron chi connectivity index (χ2n) is 2.77. The molecule has 0 unspecified atom stereocenters. The summed E-state index contributed by atoms with van der Waals surface area (Å²) >= 11 is 5.00. The predicted octanol–water partition coefficient (Wildman–Crippen LogP) is 1.80. The third-order valence-corrected chi connectivity index (χ3v) is 3.39. The molecule has 2 aromatic rings. The van der Waals surface area contributed by atoms with Gasteiger partial charge in [0.2, 0.25) is 0 Å². The highest BCUT2D eigenvalue weighted by Crippen LogP contribution is 2.27. The van der Waals surface area contributed by atoms with Crippen molar-refractivity contribution in [3.05, 3.63) is 21.7 Å². The average molecular weight is 273 g/mol. The van der Waals surface area contributed by atoms with Crippen molar-refractivity contribution in [2.45, 2.75) is 6.42 Å². The molecule has 0 aliphatic heterocycles. The van der Waals surface area contributed by atoms with E-state index in [-0.39, 0.29) is 0 Å². The van der Waals surface area contributed by atoms with Crippen molar-refractivity contribution >= 4 is 27.3 Å². The molecular formula is C8H9BrN4S. The molecule has 0 radical (unpaired) electrons. The molecule has 0 aromatic carbocycles. The maximum Gasteiger partial charge on any atom is 0.191 e. The lowest BCUT2D eigenvalue weighted by atomic mass is 10.4. The van der Waals surface area contributed by atoms with Crippen LogP contribution in [0.3, 0.4) is 0 Å². The lowest BCUT2D eigenvalue weighted by Crippen LogP contribution is -2.03. The summed E-state index contributed by atoms with van der Waals surface area (Å²) < 4.78 is 1.06. The molecule has 0 fully saturated rings. The van der Waals surface area contributed by atoms with Crippen LogP contribution in [0.1, 0.15) is 5.82 Å². The molecule has 0 aliphatic carbocycles. The van der Waals surface area contributed by atoms with Gasteiger partial charge < -0.3 is 5.73 Å². The first kappa shape index (κ1) is 9.82. The zero-order valence-corrected chi connectivity index (χ0v) is 9.73. The normalized spacial score (nSPS) is 10.7. The summed E-state index contributed by atoms with van der Waals surface area (Å²) in [5, 5.41) is 8.99. The fourth-order valence-corrected chi connectivity index (χ4v) is 2.44. The third kappa shape index (κ3) is 2.02. The lowest BCUT2D eigenvalue weighted by molar-refractivity contribution is 0.874. The van der Waals surface area contributed by atoms with Crippen LogP contribution in [0.25, 0.3) is 10.7 Å². The van der Waals surface area contributed by atoms with Gasteiger partial charge in [0, 0.05) is 16.3 Å². The van der Waals surface area contributed by atoms with Crippen molar-refractivity contribution in [3.63, 3.8) is 0 Å². The molecule has 14 heavy (non-hydrogen) atoms. The zero-order valence-electron chi connectivity index (χ0n) is 7.33. The summed E-state index contributed by atoms with van der Waals surface area (Å²) in [6.45, 7) is 0.586. The average Bonchev–Trinajstić information content (AvgIpc) is 2.74. The fourth-order valence-electron chi connectivity index (χ4n) is 1.08. The van der Waals surface area contributed by atoms with Crippen molar-refractivity contribution in [2.75, 3.05) is 6.54 Å². The number of hydrogen-bond acceptors (Lipinski definition) is 4. The van der Waals surface area contributed by atoms with Gasteiger partial charge in [-0.25, -0.2) is 4.98 Å². The number of aromatic amines is 1. The first-order valence-corrected chi connectivity index (χ1v) is 5.82. The smallest absolute Gasteiger partial charge is 0.191 e. The summed E-state index contributed by atoms with van der Waals surface area (Å²) in [5.74, 6) is 1.58. The van der Waals surface area contributed by atoms with Crippen molar-refractivity contribution in [1.82, 2.24) is 15.2 Å². The second-order valence-corrected chi connectivity index (χ2v) is 4.60. The molecule has 0 atom stereocenters. The highest BCUT2D eigenvalue weighted by molar-refractivity contribution is 9.10. The van der Waals surface area contributed by atoms with Gasteiger partial charge in [-0.05, 0) is 28.5 Å². The number of nitrogens with zero attached hydrogens (tertiary/aromatic N) is 2. The Morgan fingerprint density at radius 1 is 1.57 bits per heavy atom. The first-order valence-electron chi connectivity index (χ1n) is 4.15. The van der Waals surface area contributed by atoms with Crippen LogP contribution in [-0.2, 0) is 6.42 Å². The van der Waals surface area contributed by atoms with E-state index in [9.17, 15) is 0 Å². The summed E-state index contributed by atoms with van der Waals surface area (Å²) in [6.07, 6.45) is 0.736. The molecule has 3 N–H and O–H groups in total. The molecular weight excluding hydrogens is 264 g/mol. The van der Waals surface area contributed by atoms with E-state index in [1.165, 1.54) is 0 Å². The van der Waals surface area contributed by atoms with Gasteiger partial charge in [0.25, 0.3) is 0 Å². The Bertz CT molecular complexity index is 422. The minimum absolute atomic E-state index is 0.586. The predicted molar refractivity (Wildman–Crippen MR) is 60.2 cm³/mol. The molecule has 4 nitrogen and oxygen atoms in total. The van der Waals surface area contributed by atoms with Gasteiger partial charge in [-0.1, -0.05) is 0 Å². The number of nitrogens with one attached hydrogen (secondary N) is 1. The number of thiophene rings is 1. The van der Waals surface area contributed by atoms with E-state index in [1.54, 1.807) is 11.3 Å². The molecule has 2 rings (SSSR count). The largest absolute Gasteiger partial charge is 0.330 e. The Balaban J connectivity index is 2.24. The Hall–Kier alpha value is -0.720. The number of H-pyrrole nitrogens is 1. The van der Waals surface area contributed by atoms with Crippen molar-refractivity contribution < 1.29 is 0 Å². The van der Waals surface area contributed by atoms with E-state index < -0.39 is 0 Å². The summed E-state index contributed by atoms with van der Waals surface area (Å²) in [4.78, 5) is 5.38. The molecule has 6 heteroatoms. The molecule has 0 spiro atoms. The number of nitrogens with two attached hydrogens (primary N) is 1. The highest BCUT2D eigenvalue weighted by atomic mass is 79.9. The van der Waals surface area contributed by atoms with Gasteiger partial charge >= 0.3 is 0 Å². The minimum Gasteiger partial charge on any atom is -0.330 e. The van der Waals surface area contributed by atoms with Crippen LogP contribution in [-0.4, -0.2) is 21.7 Å². The van der Waals surface area contributed by atoms with Crippen LogP contribution in [0.4, 0.5) is 0 Å². The fraction of sp³-hybridized carbons (Fsp3) is 0.250. The first-order chi connectivity index (χ1) is 6.79. The third-order valence-electron chi connectivity index (χ3n) is 1.70. The Kier molecular flexibility index (Phi) is 2.95. The van der Waals surface area contributed by atoms with Gasteiger partial charge in [0.1, 0.15) is 5.82 Å². The Morgan fingerprint density at radius 3 is 3.07 bits per heavy atom. The molecule has 0 bridgehead atoms. The van der Waals surface area contributed by atoms with Crippen LogP contribution >= 0.6 is 27.3 Å². The number of rotatable bonds is 3. The molecule has 74 valence electrons. The topological polar surface area (TPSA) is 67.6 Å². The SMILES string of the molecule is NCCc1nc(-c2cc(Br)cs2)n[nH]1. The van der Waals surface area contributed by atoms with E-state index in [1.807, 2.05) is 11.4 Å². The molecule has 0 aliphatic rings. The lowest BCUT2D eigenvalue weighted by Gasteiger charge is -1.87. The number of aromatic nitrogens is 3. The van der Waals surface area contributed by atoms with E-state index in [4.69, 9.17) is 5.73 Å². The van der Waals surface area contributed by atoms with Crippen LogP contribution in [0.2, 0.25) is 0 Å².